The molecule has 1 nitrogen and oxygen atoms in total. The van der Waals surface area contributed by atoms with Gasteiger partial charge >= 0.3 is 0 Å². The third-order valence-electron chi connectivity index (χ3n) is 1.61. The molecule has 0 aliphatic rings. The molecule has 0 amide bonds. The van der Waals surface area contributed by atoms with Crippen LogP contribution in [0.3, 0.4) is 0 Å². The van der Waals surface area contributed by atoms with Gasteiger partial charge in [0.2, 0.25) is 0 Å². The van der Waals surface area contributed by atoms with Gasteiger partial charge in [0, 0.05) is 14.1 Å². The van der Waals surface area contributed by atoms with E-state index in [0.29, 0.717) is 0 Å². The zero-order valence-electron chi connectivity index (χ0n) is 8.39. The van der Waals surface area contributed by atoms with Crippen molar-refractivity contribution in [2.75, 3.05) is 14.1 Å². The molecule has 0 fully saturated rings. The molecule has 0 spiro atoms. The van der Waals surface area contributed by atoms with Gasteiger partial charge in [-0.2, -0.15) is 0 Å². The fraction of sp³-hybridized carbons (Fsp3) is 0.600. The third kappa shape index (κ3) is 4.45. The van der Waals surface area contributed by atoms with E-state index in [1.807, 2.05) is 25.1 Å². The molecular weight excluding hydrogens is 170 g/mol. The number of hydrogen-bond donors (Lipinski definition) is 0. The van der Waals surface area contributed by atoms with Crippen molar-refractivity contribution in [1.29, 1.82) is 0 Å². The van der Waals surface area contributed by atoms with Crippen LogP contribution in [0.1, 0.15) is 26.7 Å². The summed E-state index contributed by atoms with van der Waals surface area (Å²) in [5, 5.41) is 0.788. The van der Waals surface area contributed by atoms with Crippen LogP contribution >= 0.6 is 11.6 Å². The fourth-order valence-corrected chi connectivity index (χ4v) is 0.990. The summed E-state index contributed by atoms with van der Waals surface area (Å²) < 4.78 is 0. The molecule has 0 rings (SSSR count). The number of allylic oxidation sites excluding steroid dienone is 3. The summed E-state index contributed by atoms with van der Waals surface area (Å²) in [6.45, 7) is 4.27. The normalized spacial score (nSPS) is 13.4. The van der Waals surface area contributed by atoms with Crippen LogP contribution in [-0.2, 0) is 0 Å². The Morgan fingerprint density at radius 1 is 1.33 bits per heavy atom. The minimum atomic E-state index is 0.788. The van der Waals surface area contributed by atoms with Crippen LogP contribution in [0.4, 0.5) is 0 Å². The molecule has 0 saturated carbocycles. The lowest BCUT2D eigenvalue weighted by Gasteiger charge is -2.10. The molecule has 0 aromatic rings. The van der Waals surface area contributed by atoms with E-state index in [1.165, 1.54) is 5.57 Å². The molecule has 0 aromatic heterocycles. The Labute approximate surface area is 80.7 Å². The van der Waals surface area contributed by atoms with Crippen LogP contribution in [0.25, 0.3) is 0 Å². The lowest BCUT2D eigenvalue weighted by Crippen LogP contribution is -2.06. The van der Waals surface area contributed by atoms with Crippen molar-refractivity contribution in [2.45, 2.75) is 26.7 Å². The first-order valence-corrected chi connectivity index (χ1v) is 4.73. The second-order valence-corrected chi connectivity index (χ2v) is 3.29. The van der Waals surface area contributed by atoms with Crippen LogP contribution in [0, 0.1) is 0 Å². The summed E-state index contributed by atoms with van der Waals surface area (Å²) in [4.78, 5) is 1.90. The first-order chi connectivity index (χ1) is 5.61. The molecule has 12 heavy (non-hydrogen) atoms. The quantitative estimate of drug-likeness (QED) is 0.482. The second kappa shape index (κ2) is 6.13. The van der Waals surface area contributed by atoms with Gasteiger partial charge in [-0.25, -0.2) is 0 Å². The van der Waals surface area contributed by atoms with Crippen molar-refractivity contribution in [2.24, 2.45) is 0 Å². The zero-order chi connectivity index (χ0) is 9.56. The highest BCUT2D eigenvalue weighted by Gasteiger charge is 1.95. The lowest BCUT2D eigenvalue weighted by molar-refractivity contribution is 0.546. The molecule has 0 atom stereocenters. The highest BCUT2D eigenvalue weighted by molar-refractivity contribution is 6.29. The van der Waals surface area contributed by atoms with Gasteiger partial charge in [0.1, 0.15) is 5.16 Å². The number of hydrogen-bond acceptors (Lipinski definition) is 1. The molecule has 70 valence electrons. The molecule has 0 radical (unpaired) electrons. The van der Waals surface area contributed by atoms with Crippen LogP contribution in [0.15, 0.2) is 22.9 Å². The van der Waals surface area contributed by atoms with Crippen molar-refractivity contribution >= 4 is 11.6 Å². The molecule has 0 aliphatic carbocycles. The topological polar surface area (TPSA) is 3.24 Å². The molecule has 0 aromatic carbocycles. The van der Waals surface area contributed by atoms with Crippen LogP contribution in [0.2, 0.25) is 0 Å². The van der Waals surface area contributed by atoms with E-state index >= 15 is 0 Å². The Bertz CT molecular complexity index is 180. The maximum Gasteiger partial charge on any atom is 0.104 e. The van der Waals surface area contributed by atoms with E-state index in [2.05, 4.69) is 19.9 Å². The van der Waals surface area contributed by atoms with Crippen molar-refractivity contribution < 1.29 is 0 Å². The van der Waals surface area contributed by atoms with E-state index in [9.17, 15) is 0 Å². The van der Waals surface area contributed by atoms with Gasteiger partial charge in [0.15, 0.2) is 0 Å². The summed E-state index contributed by atoms with van der Waals surface area (Å²) in [7, 11) is 3.89. The lowest BCUT2D eigenvalue weighted by atomic mass is 10.1. The van der Waals surface area contributed by atoms with Gasteiger partial charge in [-0.3, -0.25) is 0 Å². The molecule has 0 N–H and O–H groups in total. The van der Waals surface area contributed by atoms with E-state index in [4.69, 9.17) is 11.6 Å². The highest BCUT2D eigenvalue weighted by Crippen LogP contribution is 2.12. The molecular formula is C10H18ClN. The number of nitrogens with zero attached hydrogens (tertiary/aromatic N) is 1. The predicted octanol–water partition coefficient (Wildman–Crippen LogP) is 3.37. The predicted molar refractivity (Wildman–Crippen MR) is 56.3 cm³/mol. The summed E-state index contributed by atoms with van der Waals surface area (Å²) in [5.74, 6) is 0. The number of halogens is 1. The van der Waals surface area contributed by atoms with Crippen LogP contribution in [-0.4, -0.2) is 19.0 Å². The van der Waals surface area contributed by atoms with Crippen molar-refractivity contribution in [3.63, 3.8) is 0 Å². The molecule has 2 heteroatoms. The minimum absolute atomic E-state index is 0.788. The smallest absolute Gasteiger partial charge is 0.104 e. The largest absolute Gasteiger partial charge is 0.368 e. The monoisotopic (exact) mass is 187 g/mol. The van der Waals surface area contributed by atoms with Gasteiger partial charge in [-0.05, 0) is 24.5 Å². The Hall–Kier alpha value is -0.430. The Morgan fingerprint density at radius 2 is 1.92 bits per heavy atom. The summed E-state index contributed by atoms with van der Waals surface area (Å²) in [5.41, 5.74) is 1.30. The van der Waals surface area contributed by atoms with E-state index in [-0.39, 0.29) is 0 Å². The Kier molecular flexibility index (Phi) is 5.91. The van der Waals surface area contributed by atoms with Crippen molar-refractivity contribution in [1.82, 2.24) is 4.90 Å². The van der Waals surface area contributed by atoms with Gasteiger partial charge in [-0.1, -0.05) is 31.5 Å². The zero-order valence-corrected chi connectivity index (χ0v) is 9.15. The summed E-state index contributed by atoms with van der Waals surface area (Å²) in [6.07, 6.45) is 6.33. The maximum atomic E-state index is 5.97. The molecule has 0 unspecified atom stereocenters. The fourth-order valence-electron chi connectivity index (χ4n) is 0.850. The molecule has 0 saturated heterocycles. The third-order valence-corrected chi connectivity index (χ3v) is 2.05. The maximum absolute atomic E-state index is 5.97. The first kappa shape index (κ1) is 11.6. The SMILES string of the molecule is CC/C=C(/C=C(/Cl)N(C)C)CC. The van der Waals surface area contributed by atoms with Crippen LogP contribution < -0.4 is 0 Å². The van der Waals surface area contributed by atoms with Gasteiger partial charge in [0.25, 0.3) is 0 Å². The van der Waals surface area contributed by atoms with Crippen LogP contribution in [0.5, 0.6) is 0 Å². The average molecular weight is 188 g/mol. The molecule has 0 heterocycles. The molecule has 0 bridgehead atoms. The van der Waals surface area contributed by atoms with E-state index < -0.39 is 0 Å². The van der Waals surface area contributed by atoms with Gasteiger partial charge in [0.05, 0.1) is 0 Å². The Balaban J connectivity index is 4.36. The minimum Gasteiger partial charge on any atom is -0.368 e. The van der Waals surface area contributed by atoms with E-state index in [1.54, 1.807) is 0 Å². The van der Waals surface area contributed by atoms with Crippen molar-refractivity contribution in [3.8, 4) is 0 Å². The number of rotatable bonds is 4. The van der Waals surface area contributed by atoms with Gasteiger partial charge in [-0.15, -0.1) is 0 Å². The Morgan fingerprint density at radius 3 is 2.25 bits per heavy atom. The average Bonchev–Trinajstić information content (AvgIpc) is 2.03. The molecule has 0 aliphatic heterocycles. The summed E-state index contributed by atoms with van der Waals surface area (Å²) >= 11 is 5.97. The van der Waals surface area contributed by atoms with Crippen molar-refractivity contribution in [3.05, 3.63) is 22.9 Å². The second-order valence-electron chi connectivity index (χ2n) is 2.90. The highest BCUT2D eigenvalue weighted by atomic mass is 35.5. The first-order valence-electron chi connectivity index (χ1n) is 4.35. The van der Waals surface area contributed by atoms with Gasteiger partial charge < -0.3 is 4.90 Å². The summed E-state index contributed by atoms with van der Waals surface area (Å²) in [6, 6.07) is 0. The van der Waals surface area contributed by atoms with E-state index in [0.717, 1.165) is 18.0 Å². The standard InChI is InChI=1S/C10H18ClN/c1-5-7-9(6-2)8-10(11)12(3)4/h7-8H,5-6H2,1-4H3/b9-7+,10-8-.